The van der Waals surface area contributed by atoms with Gasteiger partial charge in [-0.05, 0) is 32.9 Å². The second-order valence-corrected chi connectivity index (χ2v) is 3.27. The van der Waals surface area contributed by atoms with Crippen LogP contribution in [0.5, 0.6) is 0 Å². The van der Waals surface area contributed by atoms with Crippen LogP contribution in [0.25, 0.3) is 0 Å². The van der Waals surface area contributed by atoms with Crippen molar-refractivity contribution < 1.29 is 0 Å². The van der Waals surface area contributed by atoms with Crippen LogP contribution in [-0.4, -0.2) is 24.5 Å². The molecule has 1 aliphatic heterocycles. The number of allylic oxidation sites excluding steroid dienone is 1. The maximum atomic E-state index is 8.67. The zero-order valence-corrected chi connectivity index (χ0v) is 7.66. The predicted octanol–water partition coefficient (Wildman–Crippen LogP) is 1.80. The Hall–Kier alpha value is -0.810. The van der Waals surface area contributed by atoms with Gasteiger partial charge in [-0.3, -0.25) is 4.90 Å². The quantitative estimate of drug-likeness (QED) is 0.582. The Balaban J connectivity index is 2.22. The highest BCUT2D eigenvalue weighted by Gasteiger charge is 2.16. The zero-order valence-electron chi connectivity index (χ0n) is 7.66. The predicted molar refractivity (Wildman–Crippen MR) is 49.6 cm³/mol. The minimum absolute atomic E-state index is 0.312. The highest BCUT2D eigenvalue weighted by atomic mass is 15.1. The third-order valence-electron chi connectivity index (χ3n) is 2.37. The number of nitriles is 1. The van der Waals surface area contributed by atoms with Crippen LogP contribution in [0.3, 0.4) is 0 Å². The standard InChI is InChI=1S/C10H16N2/c1-2-3-6-12-7-4-10(9-11)5-8-12/h2-3,10H,4-8H2,1H3. The zero-order chi connectivity index (χ0) is 8.81. The maximum absolute atomic E-state index is 8.67. The van der Waals surface area contributed by atoms with Gasteiger partial charge in [-0.15, -0.1) is 0 Å². The molecule has 1 rings (SSSR count). The first-order valence-corrected chi connectivity index (χ1v) is 4.60. The van der Waals surface area contributed by atoms with E-state index in [4.69, 9.17) is 5.26 Å². The van der Waals surface area contributed by atoms with Gasteiger partial charge in [-0.25, -0.2) is 0 Å². The summed E-state index contributed by atoms with van der Waals surface area (Å²) < 4.78 is 0. The number of hydrogen-bond donors (Lipinski definition) is 0. The van der Waals surface area contributed by atoms with E-state index in [0.717, 1.165) is 32.5 Å². The first-order valence-electron chi connectivity index (χ1n) is 4.60. The highest BCUT2D eigenvalue weighted by Crippen LogP contribution is 2.15. The fraction of sp³-hybridized carbons (Fsp3) is 0.700. The summed E-state index contributed by atoms with van der Waals surface area (Å²) >= 11 is 0. The molecule has 0 saturated carbocycles. The van der Waals surface area contributed by atoms with E-state index in [2.05, 4.69) is 23.1 Å². The summed E-state index contributed by atoms with van der Waals surface area (Å²) in [7, 11) is 0. The van der Waals surface area contributed by atoms with Crippen molar-refractivity contribution in [2.45, 2.75) is 19.8 Å². The van der Waals surface area contributed by atoms with Crippen molar-refractivity contribution in [2.75, 3.05) is 19.6 Å². The van der Waals surface area contributed by atoms with E-state index < -0.39 is 0 Å². The molecule has 0 aromatic rings. The summed E-state index contributed by atoms with van der Waals surface area (Å²) in [5, 5.41) is 8.67. The largest absolute Gasteiger partial charge is 0.300 e. The molecule has 0 aromatic heterocycles. The molecule has 2 heteroatoms. The molecule has 0 aromatic carbocycles. The molecular formula is C10H16N2. The topological polar surface area (TPSA) is 27.0 Å². The molecule has 0 unspecified atom stereocenters. The maximum Gasteiger partial charge on any atom is 0.0656 e. The number of piperidine rings is 1. The van der Waals surface area contributed by atoms with Gasteiger partial charge >= 0.3 is 0 Å². The van der Waals surface area contributed by atoms with Crippen molar-refractivity contribution in [1.82, 2.24) is 4.90 Å². The van der Waals surface area contributed by atoms with Gasteiger partial charge in [0.05, 0.1) is 6.07 Å². The molecule has 0 N–H and O–H groups in total. The summed E-state index contributed by atoms with van der Waals surface area (Å²) in [4.78, 5) is 2.40. The van der Waals surface area contributed by atoms with Crippen LogP contribution in [0.4, 0.5) is 0 Å². The molecular weight excluding hydrogens is 148 g/mol. The molecule has 0 atom stereocenters. The summed E-state index contributed by atoms with van der Waals surface area (Å²) in [6.07, 6.45) is 6.35. The number of nitrogens with zero attached hydrogens (tertiary/aromatic N) is 2. The summed E-state index contributed by atoms with van der Waals surface area (Å²) in [6, 6.07) is 2.34. The van der Waals surface area contributed by atoms with E-state index in [1.807, 2.05) is 6.92 Å². The van der Waals surface area contributed by atoms with Crippen molar-refractivity contribution in [3.63, 3.8) is 0 Å². The second-order valence-electron chi connectivity index (χ2n) is 3.27. The van der Waals surface area contributed by atoms with Crippen molar-refractivity contribution in [2.24, 2.45) is 5.92 Å². The van der Waals surface area contributed by atoms with Crippen LogP contribution in [0.2, 0.25) is 0 Å². The molecule has 1 heterocycles. The van der Waals surface area contributed by atoms with Gasteiger partial charge in [-0.1, -0.05) is 12.2 Å². The summed E-state index contributed by atoms with van der Waals surface area (Å²) in [6.45, 7) is 5.27. The molecule has 0 aliphatic carbocycles. The Morgan fingerprint density at radius 3 is 2.67 bits per heavy atom. The van der Waals surface area contributed by atoms with Crippen LogP contribution in [0.15, 0.2) is 12.2 Å². The Kier molecular flexibility index (Phi) is 3.83. The number of likely N-dealkylation sites (tertiary alicyclic amines) is 1. The van der Waals surface area contributed by atoms with E-state index >= 15 is 0 Å². The van der Waals surface area contributed by atoms with Gasteiger partial charge in [0.25, 0.3) is 0 Å². The van der Waals surface area contributed by atoms with E-state index in [9.17, 15) is 0 Å². The van der Waals surface area contributed by atoms with Crippen molar-refractivity contribution in [3.8, 4) is 6.07 Å². The smallest absolute Gasteiger partial charge is 0.0656 e. The lowest BCUT2D eigenvalue weighted by molar-refractivity contribution is 0.225. The lowest BCUT2D eigenvalue weighted by Crippen LogP contribution is -2.33. The fourth-order valence-electron chi connectivity index (χ4n) is 1.50. The van der Waals surface area contributed by atoms with Crippen LogP contribution in [0, 0.1) is 17.2 Å². The monoisotopic (exact) mass is 164 g/mol. The molecule has 1 saturated heterocycles. The SMILES string of the molecule is CC=CCN1CCC(C#N)CC1. The molecule has 0 bridgehead atoms. The summed E-state index contributed by atoms with van der Waals surface area (Å²) in [5.41, 5.74) is 0. The lowest BCUT2D eigenvalue weighted by Gasteiger charge is -2.27. The molecule has 12 heavy (non-hydrogen) atoms. The molecule has 0 radical (unpaired) electrons. The van der Waals surface area contributed by atoms with Crippen LogP contribution < -0.4 is 0 Å². The second kappa shape index (κ2) is 4.95. The average Bonchev–Trinajstić information content (AvgIpc) is 2.15. The van der Waals surface area contributed by atoms with Crippen molar-refractivity contribution in [3.05, 3.63) is 12.2 Å². The Labute approximate surface area is 74.5 Å². The van der Waals surface area contributed by atoms with Gasteiger partial charge in [-0.2, -0.15) is 5.26 Å². The molecule has 1 aliphatic rings. The summed E-state index contributed by atoms with van der Waals surface area (Å²) in [5.74, 6) is 0.312. The van der Waals surface area contributed by atoms with E-state index in [1.165, 1.54) is 0 Å². The van der Waals surface area contributed by atoms with Gasteiger partial charge in [0.2, 0.25) is 0 Å². The van der Waals surface area contributed by atoms with Crippen molar-refractivity contribution >= 4 is 0 Å². The van der Waals surface area contributed by atoms with Gasteiger partial charge < -0.3 is 0 Å². The van der Waals surface area contributed by atoms with Crippen LogP contribution in [-0.2, 0) is 0 Å². The first-order chi connectivity index (χ1) is 5.86. The van der Waals surface area contributed by atoms with E-state index in [0.29, 0.717) is 5.92 Å². The average molecular weight is 164 g/mol. The molecule has 66 valence electrons. The highest BCUT2D eigenvalue weighted by molar-refractivity contribution is 4.89. The van der Waals surface area contributed by atoms with E-state index in [1.54, 1.807) is 0 Å². The Bertz CT molecular complexity index is 183. The van der Waals surface area contributed by atoms with Crippen molar-refractivity contribution in [1.29, 1.82) is 5.26 Å². The molecule has 1 fully saturated rings. The Morgan fingerprint density at radius 1 is 1.50 bits per heavy atom. The molecule has 0 amide bonds. The third-order valence-corrected chi connectivity index (χ3v) is 2.37. The normalized spacial score (nSPS) is 21.3. The number of rotatable bonds is 2. The molecule has 0 spiro atoms. The first kappa shape index (κ1) is 9.28. The van der Waals surface area contributed by atoms with Crippen LogP contribution >= 0.6 is 0 Å². The lowest BCUT2D eigenvalue weighted by atomic mass is 9.99. The third kappa shape index (κ3) is 2.67. The minimum Gasteiger partial charge on any atom is -0.300 e. The number of hydrogen-bond acceptors (Lipinski definition) is 2. The van der Waals surface area contributed by atoms with Crippen LogP contribution in [0.1, 0.15) is 19.8 Å². The fourth-order valence-corrected chi connectivity index (χ4v) is 1.50. The van der Waals surface area contributed by atoms with E-state index in [-0.39, 0.29) is 0 Å². The van der Waals surface area contributed by atoms with Gasteiger partial charge in [0.15, 0.2) is 0 Å². The Morgan fingerprint density at radius 2 is 2.17 bits per heavy atom. The van der Waals surface area contributed by atoms with Gasteiger partial charge in [0.1, 0.15) is 0 Å². The minimum atomic E-state index is 0.312. The molecule has 2 nitrogen and oxygen atoms in total. The van der Waals surface area contributed by atoms with Gasteiger partial charge in [0, 0.05) is 12.5 Å².